The van der Waals surface area contributed by atoms with Gasteiger partial charge in [-0.25, -0.2) is 4.79 Å². The van der Waals surface area contributed by atoms with Gasteiger partial charge in [-0.15, -0.1) is 0 Å². The summed E-state index contributed by atoms with van der Waals surface area (Å²) in [5.74, 6) is -2.22. The zero-order chi connectivity index (χ0) is 20.4. The Labute approximate surface area is 154 Å². The van der Waals surface area contributed by atoms with Crippen molar-refractivity contribution in [3.05, 3.63) is 39.4 Å². The Balaban J connectivity index is 1.96. The smallest absolute Gasteiger partial charge is 0.330 e. The van der Waals surface area contributed by atoms with Crippen LogP contribution in [0.1, 0.15) is 47.4 Å². The number of hydrogen-bond acceptors (Lipinski definition) is 7. The number of hydrogen-bond donors (Lipinski definition) is 1. The topological polar surface area (TPSA) is 136 Å². The van der Waals surface area contributed by atoms with Crippen molar-refractivity contribution in [3.63, 3.8) is 0 Å². The van der Waals surface area contributed by atoms with Crippen LogP contribution in [0.2, 0.25) is 0 Å². The second-order valence-corrected chi connectivity index (χ2v) is 6.52. The van der Waals surface area contributed by atoms with Gasteiger partial charge in [0.05, 0.1) is 23.2 Å². The summed E-state index contributed by atoms with van der Waals surface area (Å²) in [6.07, 6.45) is 0.157. The summed E-state index contributed by atoms with van der Waals surface area (Å²) in [7, 11) is 1.21. The molecule has 10 nitrogen and oxygen atoms in total. The zero-order valence-corrected chi connectivity index (χ0v) is 15.1. The van der Waals surface area contributed by atoms with Crippen LogP contribution < -0.4 is 5.32 Å². The van der Waals surface area contributed by atoms with Gasteiger partial charge in [-0.2, -0.15) is 0 Å². The fourth-order valence-corrected chi connectivity index (χ4v) is 2.71. The van der Waals surface area contributed by atoms with Crippen LogP contribution in [-0.4, -0.2) is 52.7 Å². The summed E-state index contributed by atoms with van der Waals surface area (Å²) >= 11 is 0. The minimum Gasteiger partial charge on any atom is -0.467 e. The van der Waals surface area contributed by atoms with E-state index in [1.807, 2.05) is 0 Å². The first-order valence-corrected chi connectivity index (χ1v) is 8.12. The highest BCUT2D eigenvalue weighted by Gasteiger charge is 2.36. The maximum absolute atomic E-state index is 12.3. The lowest BCUT2D eigenvalue weighted by molar-refractivity contribution is -0.384. The minimum absolute atomic E-state index is 0.0199. The van der Waals surface area contributed by atoms with Crippen LogP contribution in [0.3, 0.4) is 0 Å². The van der Waals surface area contributed by atoms with E-state index in [-0.39, 0.29) is 36.2 Å². The van der Waals surface area contributed by atoms with Crippen LogP contribution in [0.4, 0.5) is 5.69 Å². The number of rotatable bonds is 7. The van der Waals surface area contributed by atoms with Crippen molar-refractivity contribution >= 4 is 29.4 Å². The van der Waals surface area contributed by atoms with Crippen molar-refractivity contribution in [1.29, 1.82) is 0 Å². The molecule has 0 aliphatic carbocycles. The molecule has 0 atom stereocenters. The molecule has 0 fully saturated rings. The Morgan fingerprint density at radius 3 is 2.44 bits per heavy atom. The second kappa shape index (κ2) is 7.52. The molecule has 0 bridgehead atoms. The van der Waals surface area contributed by atoms with E-state index in [0.29, 0.717) is 0 Å². The maximum atomic E-state index is 12.3. The predicted molar refractivity (Wildman–Crippen MR) is 91.9 cm³/mol. The molecule has 1 aliphatic heterocycles. The van der Waals surface area contributed by atoms with E-state index < -0.39 is 34.2 Å². The lowest BCUT2D eigenvalue weighted by Gasteiger charge is -2.23. The number of fused-ring (bicyclic) bond motifs is 1. The molecule has 1 aromatic carbocycles. The molecule has 0 saturated heterocycles. The highest BCUT2D eigenvalue weighted by molar-refractivity contribution is 6.21. The number of ether oxygens (including phenoxy) is 1. The Hall–Kier alpha value is -3.30. The molecule has 1 heterocycles. The molecule has 1 N–H and O–H groups in total. The summed E-state index contributed by atoms with van der Waals surface area (Å²) < 4.78 is 4.59. The molecule has 2 rings (SSSR count). The molecule has 1 aliphatic rings. The Kier molecular flexibility index (Phi) is 5.58. The lowest BCUT2D eigenvalue weighted by Crippen LogP contribution is -2.50. The second-order valence-electron chi connectivity index (χ2n) is 6.52. The fourth-order valence-electron chi connectivity index (χ4n) is 2.71. The van der Waals surface area contributed by atoms with Crippen LogP contribution in [0.25, 0.3) is 0 Å². The summed E-state index contributed by atoms with van der Waals surface area (Å²) in [6, 6.07) is 3.48. The third kappa shape index (κ3) is 4.10. The largest absolute Gasteiger partial charge is 0.467 e. The van der Waals surface area contributed by atoms with Gasteiger partial charge in [-0.05, 0) is 26.3 Å². The third-order valence-electron chi connectivity index (χ3n) is 4.10. The van der Waals surface area contributed by atoms with Crippen molar-refractivity contribution in [2.45, 2.75) is 32.2 Å². The van der Waals surface area contributed by atoms with Crippen LogP contribution >= 0.6 is 0 Å². The lowest BCUT2D eigenvalue weighted by atomic mass is 10.1. The van der Waals surface area contributed by atoms with E-state index in [4.69, 9.17) is 0 Å². The Morgan fingerprint density at radius 2 is 1.85 bits per heavy atom. The van der Waals surface area contributed by atoms with Crippen LogP contribution in [0.15, 0.2) is 18.2 Å². The number of methoxy groups -OCH3 is 1. The molecule has 144 valence electrons. The first-order valence-electron chi connectivity index (χ1n) is 8.12. The first-order chi connectivity index (χ1) is 12.6. The number of benzene rings is 1. The number of nitro groups is 1. The van der Waals surface area contributed by atoms with Crippen LogP contribution in [0, 0.1) is 10.1 Å². The monoisotopic (exact) mass is 377 g/mol. The molecule has 1 aromatic rings. The molecule has 10 heteroatoms. The molecular weight excluding hydrogens is 358 g/mol. The van der Waals surface area contributed by atoms with Gasteiger partial charge in [0.2, 0.25) is 5.91 Å². The van der Waals surface area contributed by atoms with E-state index in [9.17, 15) is 29.3 Å². The number of nitrogens with one attached hydrogen (secondary N) is 1. The van der Waals surface area contributed by atoms with Gasteiger partial charge in [-0.1, -0.05) is 0 Å². The summed E-state index contributed by atoms with van der Waals surface area (Å²) in [5.41, 5.74) is -1.39. The van der Waals surface area contributed by atoms with Gasteiger partial charge >= 0.3 is 5.97 Å². The standard InChI is InChI=1S/C17H19N3O7/c1-17(2,16(24)27-3)18-13(21)5-4-8-19-14(22)11-7-6-10(20(25)26)9-12(11)15(19)23/h6-7,9H,4-5,8H2,1-3H3,(H,18,21). The number of amides is 3. The van der Waals surface area contributed by atoms with Gasteiger partial charge in [-0.3, -0.25) is 29.4 Å². The minimum atomic E-state index is -1.19. The van der Waals surface area contributed by atoms with E-state index in [0.717, 1.165) is 17.0 Å². The van der Waals surface area contributed by atoms with E-state index >= 15 is 0 Å². The maximum Gasteiger partial charge on any atom is 0.330 e. The molecule has 0 unspecified atom stereocenters. The number of nitro benzene ring substituents is 1. The van der Waals surface area contributed by atoms with Gasteiger partial charge < -0.3 is 10.1 Å². The third-order valence-corrected chi connectivity index (χ3v) is 4.10. The molecule has 0 spiro atoms. The van der Waals surface area contributed by atoms with Gasteiger partial charge in [0.25, 0.3) is 17.5 Å². The fraction of sp³-hybridized carbons (Fsp3) is 0.412. The number of nitrogens with zero attached hydrogens (tertiary/aromatic N) is 2. The molecular formula is C17H19N3O7. The number of carbonyl (C=O) groups is 4. The Bertz CT molecular complexity index is 832. The zero-order valence-electron chi connectivity index (χ0n) is 15.1. The predicted octanol–water partition coefficient (Wildman–Crippen LogP) is 1.04. The highest BCUT2D eigenvalue weighted by Crippen LogP contribution is 2.27. The SMILES string of the molecule is COC(=O)C(C)(C)NC(=O)CCCN1C(=O)c2ccc([N+](=O)[O-])cc2C1=O. The van der Waals surface area contributed by atoms with Crippen LogP contribution in [-0.2, 0) is 14.3 Å². The number of non-ortho nitro benzene ring substituents is 1. The highest BCUT2D eigenvalue weighted by atomic mass is 16.6. The summed E-state index contributed by atoms with van der Waals surface area (Å²) in [6.45, 7) is 2.97. The van der Waals surface area contributed by atoms with Crippen molar-refractivity contribution in [3.8, 4) is 0 Å². The molecule has 3 amide bonds. The normalized spacial score (nSPS) is 13.4. The van der Waals surface area contributed by atoms with E-state index in [1.54, 1.807) is 0 Å². The van der Waals surface area contributed by atoms with E-state index in [2.05, 4.69) is 10.1 Å². The van der Waals surface area contributed by atoms with Crippen molar-refractivity contribution in [1.82, 2.24) is 10.2 Å². The quantitative estimate of drug-likeness (QED) is 0.324. The molecule has 27 heavy (non-hydrogen) atoms. The summed E-state index contributed by atoms with van der Waals surface area (Å²) in [4.78, 5) is 59.3. The van der Waals surface area contributed by atoms with Crippen molar-refractivity contribution < 1.29 is 28.8 Å². The molecule has 0 radical (unpaired) electrons. The number of carbonyl (C=O) groups excluding carboxylic acids is 4. The van der Waals surface area contributed by atoms with Gasteiger partial charge in [0.1, 0.15) is 5.54 Å². The number of esters is 1. The summed E-state index contributed by atoms with van der Waals surface area (Å²) in [5, 5.41) is 13.3. The average Bonchev–Trinajstić information content (AvgIpc) is 2.84. The molecule has 0 saturated carbocycles. The van der Waals surface area contributed by atoms with Gasteiger partial charge in [0, 0.05) is 25.1 Å². The van der Waals surface area contributed by atoms with Gasteiger partial charge in [0.15, 0.2) is 0 Å². The van der Waals surface area contributed by atoms with Crippen molar-refractivity contribution in [2.24, 2.45) is 0 Å². The molecule has 0 aromatic heterocycles. The number of imide groups is 1. The first kappa shape index (κ1) is 20.0. The van der Waals surface area contributed by atoms with E-state index in [1.165, 1.54) is 27.0 Å². The average molecular weight is 377 g/mol. The van der Waals surface area contributed by atoms with Crippen molar-refractivity contribution in [2.75, 3.05) is 13.7 Å². The van der Waals surface area contributed by atoms with Crippen LogP contribution in [0.5, 0.6) is 0 Å². The Morgan fingerprint density at radius 1 is 1.22 bits per heavy atom.